The number of phenols is 1. The lowest BCUT2D eigenvalue weighted by Gasteiger charge is -2.21. The lowest BCUT2D eigenvalue weighted by Crippen LogP contribution is -2.11. The molecule has 11 heteroatoms. The van der Waals surface area contributed by atoms with E-state index in [4.69, 9.17) is 55.6 Å². The van der Waals surface area contributed by atoms with Crippen molar-refractivity contribution in [2.24, 2.45) is 0 Å². The molecule has 0 atom stereocenters. The Morgan fingerprint density at radius 2 is 1.52 bits per heavy atom. The van der Waals surface area contributed by atoms with E-state index in [0.29, 0.717) is 23.7 Å². The number of carbonyl (C=O) groups is 1. The molecule has 0 unspecified atom stereocenters. The summed E-state index contributed by atoms with van der Waals surface area (Å²) in [5, 5.41) is 10.6. The number of fused-ring (bicyclic) bond motifs is 2. The molecule has 0 spiro atoms. The number of aromatic hydroxyl groups is 1. The molecule has 1 N–H and O–H groups in total. The van der Waals surface area contributed by atoms with Gasteiger partial charge in [0.2, 0.25) is 0 Å². The van der Waals surface area contributed by atoms with Gasteiger partial charge in [-0.2, -0.15) is 0 Å². The van der Waals surface area contributed by atoms with Crippen LogP contribution >= 0.6 is 91.6 Å². The van der Waals surface area contributed by atoms with Gasteiger partial charge >= 0.3 is 5.97 Å². The molecule has 0 fully saturated rings. The Kier molecular flexibility index (Phi) is 8.81. The van der Waals surface area contributed by atoms with Crippen LogP contribution in [0.5, 0.6) is 5.75 Å². The fourth-order valence-electron chi connectivity index (χ4n) is 4.32. The van der Waals surface area contributed by atoms with Crippen LogP contribution in [-0.2, 0) is 17.8 Å². The van der Waals surface area contributed by atoms with Crippen molar-refractivity contribution < 1.29 is 19.1 Å². The number of carbonyl (C=O) groups excluding carboxylic acids is 1. The SMILES string of the molecule is CCc1ccc(COC(=O)c2c(Cl)c(Cl)c(Cl)c(Cl)c2-c2c3cc(I)c(=O)cc-3oc3cc(O)c(I)cc23)cc1. The maximum Gasteiger partial charge on any atom is 0.340 e. The molecule has 5 nitrogen and oxygen atoms in total. The fraction of sp³-hybridized carbons (Fsp3) is 0.103. The van der Waals surface area contributed by atoms with E-state index < -0.39 is 5.97 Å². The molecule has 0 saturated carbocycles. The predicted octanol–water partition coefficient (Wildman–Crippen LogP) is 10.0. The molecule has 0 radical (unpaired) electrons. The highest BCUT2D eigenvalue weighted by atomic mass is 127. The van der Waals surface area contributed by atoms with Crippen LogP contribution in [0.2, 0.25) is 20.1 Å². The standard InChI is InChI=1S/C29H16Cl4I2O5/c1-2-12-3-5-13(6-4-12)11-39-29(38)24-23(25(30)27(32)28(33)26(24)31)22-14-7-16(34)18(36)9-20(14)40-21-10-19(37)17(35)8-15(21)22/h3-10,36H,2,11H2,1H3. The van der Waals surface area contributed by atoms with E-state index in [-0.39, 0.29) is 60.3 Å². The van der Waals surface area contributed by atoms with Crippen LogP contribution < -0.4 is 5.43 Å². The van der Waals surface area contributed by atoms with Crippen LogP contribution in [-0.4, -0.2) is 11.1 Å². The lowest BCUT2D eigenvalue weighted by molar-refractivity contribution is 0.0474. The third-order valence-electron chi connectivity index (χ3n) is 6.36. The molecule has 1 aliphatic heterocycles. The highest BCUT2D eigenvalue weighted by Gasteiger charge is 2.31. The largest absolute Gasteiger partial charge is 0.507 e. The Morgan fingerprint density at radius 1 is 0.875 bits per heavy atom. The predicted molar refractivity (Wildman–Crippen MR) is 177 cm³/mol. The summed E-state index contributed by atoms with van der Waals surface area (Å²) in [5.74, 6) is -0.588. The van der Waals surface area contributed by atoms with Gasteiger partial charge in [-0.05, 0) is 74.9 Å². The zero-order chi connectivity index (χ0) is 28.9. The van der Waals surface area contributed by atoms with Gasteiger partial charge in [0, 0.05) is 34.2 Å². The van der Waals surface area contributed by atoms with Gasteiger partial charge in [-0.3, -0.25) is 4.79 Å². The van der Waals surface area contributed by atoms with Gasteiger partial charge in [-0.15, -0.1) is 0 Å². The topological polar surface area (TPSA) is 76.7 Å². The van der Waals surface area contributed by atoms with E-state index in [1.165, 1.54) is 12.1 Å². The van der Waals surface area contributed by atoms with Crippen LogP contribution in [0.25, 0.3) is 33.4 Å². The number of rotatable bonds is 5. The Balaban J connectivity index is 1.80. The van der Waals surface area contributed by atoms with E-state index >= 15 is 0 Å². The molecule has 3 aromatic carbocycles. The van der Waals surface area contributed by atoms with Crippen molar-refractivity contribution in [2.75, 3.05) is 0 Å². The number of hydrogen-bond acceptors (Lipinski definition) is 5. The highest BCUT2D eigenvalue weighted by Crippen LogP contribution is 2.51. The van der Waals surface area contributed by atoms with Crippen molar-refractivity contribution in [3.05, 3.63) is 103 Å². The normalized spacial score (nSPS) is 11.4. The Hall–Kier alpha value is -1.76. The van der Waals surface area contributed by atoms with Gasteiger partial charge in [-0.25, -0.2) is 4.79 Å². The summed E-state index contributed by atoms with van der Waals surface area (Å²) in [7, 11) is 0. The maximum absolute atomic E-state index is 13.7. The number of phenolic OH excluding ortho intramolecular Hbond substituents is 1. The molecule has 0 amide bonds. The molecular weight excluding hydrogens is 824 g/mol. The Morgan fingerprint density at radius 3 is 2.20 bits per heavy atom. The summed E-state index contributed by atoms with van der Waals surface area (Å²) in [6.45, 7) is 2.03. The van der Waals surface area contributed by atoms with Crippen molar-refractivity contribution in [3.8, 4) is 28.2 Å². The van der Waals surface area contributed by atoms with Crippen LogP contribution in [0.4, 0.5) is 0 Å². The first-order chi connectivity index (χ1) is 19.0. The molecule has 40 heavy (non-hydrogen) atoms. The molecule has 1 aliphatic carbocycles. The van der Waals surface area contributed by atoms with Gasteiger partial charge in [0.25, 0.3) is 0 Å². The molecule has 0 bridgehead atoms. The molecule has 0 saturated heterocycles. The summed E-state index contributed by atoms with van der Waals surface area (Å²) in [6, 6.07) is 13.8. The van der Waals surface area contributed by atoms with Gasteiger partial charge in [0.05, 0.1) is 32.8 Å². The second-order valence-corrected chi connectivity index (χ2v) is 12.6. The number of esters is 1. The average molecular weight is 840 g/mol. The van der Waals surface area contributed by atoms with E-state index in [0.717, 1.165) is 17.5 Å². The Labute approximate surface area is 275 Å². The van der Waals surface area contributed by atoms with E-state index in [1.807, 2.05) is 69.4 Å². The van der Waals surface area contributed by atoms with Gasteiger partial charge in [0.1, 0.15) is 23.7 Å². The molecule has 204 valence electrons. The third-order valence-corrected chi connectivity index (χ3v) is 9.87. The van der Waals surface area contributed by atoms with Crippen molar-refractivity contribution in [3.63, 3.8) is 0 Å². The van der Waals surface area contributed by atoms with Crippen molar-refractivity contribution >= 4 is 109 Å². The zero-order valence-electron chi connectivity index (χ0n) is 20.4. The molecule has 2 aliphatic rings. The van der Waals surface area contributed by atoms with Gasteiger partial charge in [-0.1, -0.05) is 77.6 Å². The first kappa shape index (κ1) is 29.7. The summed E-state index contributed by atoms with van der Waals surface area (Å²) < 4.78 is 12.6. The summed E-state index contributed by atoms with van der Waals surface area (Å²) >= 11 is 30.3. The van der Waals surface area contributed by atoms with Crippen molar-refractivity contribution in [2.45, 2.75) is 20.0 Å². The highest BCUT2D eigenvalue weighted by molar-refractivity contribution is 14.1. The third kappa shape index (κ3) is 5.41. The lowest BCUT2D eigenvalue weighted by atomic mass is 9.90. The second-order valence-electron chi connectivity index (χ2n) is 8.81. The summed E-state index contributed by atoms with van der Waals surface area (Å²) in [5.41, 5.74) is 2.88. The minimum absolute atomic E-state index is 0.0225. The molecule has 5 rings (SSSR count). The minimum atomic E-state index is -0.772. The number of ether oxygens (including phenoxy) is 1. The molecule has 1 heterocycles. The molecular formula is C29H16Cl4I2O5. The van der Waals surface area contributed by atoms with Crippen LogP contribution in [0, 0.1) is 7.14 Å². The second kappa shape index (κ2) is 11.9. The van der Waals surface area contributed by atoms with Crippen molar-refractivity contribution in [1.82, 2.24) is 0 Å². The van der Waals surface area contributed by atoms with Gasteiger partial charge < -0.3 is 14.3 Å². The number of benzene rings is 4. The van der Waals surface area contributed by atoms with Crippen LogP contribution in [0.1, 0.15) is 28.4 Å². The Bertz CT molecular complexity index is 1850. The first-order valence-electron chi connectivity index (χ1n) is 11.7. The van der Waals surface area contributed by atoms with E-state index in [2.05, 4.69) is 6.92 Å². The smallest absolute Gasteiger partial charge is 0.340 e. The van der Waals surface area contributed by atoms with Gasteiger partial charge in [0.15, 0.2) is 5.43 Å². The van der Waals surface area contributed by atoms with Crippen molar-refractivity contribution in [1.29, 1.82) is 0 Å². The fourth-order valence-corrected chi connectivity index (χ4v) is 6.28. The molecule has 3 aromatic rings. The van der Waals surface area contributed by atoms with E-state index in [1.54, 1.807) is 12.1 Å². The zero-order valence-corrected chi connectivity index (χ0v) is 27.7. The van der Waals surface area contributed by atoms with Crippen LogP contribution in [0.15, 0.2) is 57.7 Å². The average Bonchev–Trinajstić information content (AvgIpc) is 2.93. The number of hydrogen-bond donors (Lipinski definition) is 1. The van der Waals surface area contributed by atoms with Crippen LogP contribution in [0.3, 0.4) is 0 Å². The summed E-state index contributed by atoms with van der Waals surface area (Å²) in [4.78, 5) is 26.2. The number of aryl methyl sites for hydroxylation is 1. The maximum atomic E-state index is 13.7. The summed E-state index contributed by atoms with van der Waals surface area (Å²) in [6.07, 6.45) is 0.884. The first-order valence-corrected chi connectivity index (χ1v) is 15.4. The number of halogens is 6. The minimum Gasteiger partial charge on any atom is -0.507 e. The quantitative estimate of drug-likeness (QED) is 0.0627. The monoisotopic (exact) mass is 838 g/mol. The van der Waals surface area contributed by atoms with E-state index in [9.17, 15) is 14.7 Å². The molecule has 0 aromatic heterocycles.